The molecule has 0 bridgehead atoms. The summed E-state index contributed by atoms with van der Waals surface area (Å²) in [6, 6.07) is 12.1. The van der Waals surface area contributed by atoms with E-state index in [0.717, 1.165) is 33.9 Å². The number of fused-ring (bicyclic) bond motifs is 1. The van der Waals surface area contributed by atoms with Crippen molar-refractivity contribution in [3.8, 4) is 10.6 Å². The fourth-order valence-corrected chi connectivity index (χ4v) is 4.27. The highest BCUT2D eigenvalue weighted by atomic mass is 32.1. The van der Waals surface area contributed by atoms with Gasteiger partial charge in [0.1, 0.15) is 10.8 Å². The number of aromatic nitrogens is 1. The van der Waals surface area contributed by atoms with Crippen LogP contribution in [-0.2, 0) is 9.59 Å². The maximum Gasteiger partial charge on any atom is 0.224 e. The molecule has 0 atom stereocenters. The van der Waals surface area contributed by atoms with Gasteiger partial charge in [-0.05, 0) is 49.2 Å². The van der Waals surface area contributed by atoms with Gasteiger partial charge in [0.25, 0.3) is 0 Å². The number of halogens is 1. The van der Waals surface area contributed by atoms with Crippen molar-refractivity contribution in [1.29, 1.82) is 0 Å². The Hall–Kier alpha value is -2.80. The molecule has 1 aliphatic rings. The molecule has 1 fully saturated rings. The summed E-state index contributed by atoms with van der Waals surface area (Å²) < 4.78 is 14.3. The largest absolute Gasteiger partial charge is 0.343 e. The zero-order valence-corrected chi connectivity index (χ0v) is 16.1. The molecule has 144 valence electrons. The van der Waals surface area contributed by atoms with E-state index in [-0.39, 0.29) is 17.6 Å². The Morgan fingerprint density at radius 3 is 2.79 bits per heavy atom. The van der Waals surface area contributed by atoms with Crippen LogP contribution in [0.1, 0.15) is 25.7 Å². The standard InChI is InChI=1S/C21H20FN3O2S/c22-15-7-10-18-17(13-15)24-21(28-18)14-5-8-16(9-6-14)23-19(26)3-1-11-25-12-2-4-20(25)27/h5-10,13H,1-4,11-12H2,(H,23,26). The fourth-order valence-electron chi connectivity index (χ4n) is 3.31. The maximum absolute atomic E-state index is 13.3. The van der Waals surface area contributed by atoms with Gasteiger partial charge in [-0.1, -0.05) is 0 Å². The molecule has 7 heteroatoms. The number of nitrogens with zero attached hydrogens (tertiary/aromatic N) is 2. The molecule has 0 saturated carbocycles. The van der Waals surface area contributed by atoms with Crippen LogP contribution in [0.4, 0.5) is 10.1 Å². The molecule has 1 saturated heterocycles. The van der Waals surface area contributed by atoms with Gasteiger partial charge in [-0.3, -0.25) is 9.59 Å². The predicted octanol–water partition coefficient (Wildman–Crippen LogP) is 4.44. The van der Waals surface area contributed by atoms with Crippen LogP contribution < -0.4 is 5.32 Å². The Morgan fingerprint density at radius 2 is 2.04 bits per heavy atom. The van der Waals surface area contributed by atoms with Crippen molar-refractivity contribution in [3.63, 3.8) is 0 Å². The second kappa shape index (κ2) is 8.06. The number of hydrogen-bond acceptors (Lipinski definition) is 4. The van der Waals surface area contributed by atoms with Crippen LogP contribution in [0, 0.1) is 5.82 Å². The molecule has 1 aliphatic heterocycles. The van der Waals surface area contributed by atoms with E-state index in [1.54, 1.807) is 6.07 Å². The van der Waals surface area contributed by atoms with E-state index < -0.39 is 0 Å². The topological polar surface area (TPSA) is 62.3 Å². The molecule has 2 amide bonds. The number of benzene rings is 2. The van der Waals surface area contributed by atoms with Crippen molar-refractivity contribution in [2.24, 2.45) is 0 Å². The Balaban J connectivity index is 1.33. The van der Waals surface area contributed by atoms with E-state index in [1.165, 1.54) is 23.5 Å². The van der Waals surface area contributed by atoms with Crippen molar-refractivity contribution in [2.75, 3.05) is 18.4 Å². The van der Waals surface area contributed by atoms with E-state index in [9.17, 15) is 14.0 Å². The molecular formula is C21H20FN3O2S. The lowest BCUT2D eigenvalue weighted by Gasteiger charge is -2.14. The summed E-state index contributed by atoms with van der Waals surface area (Å²) in [5.74, 6) is -0.167. The molecule has 2 aromatic carbocycles. The second-order valence-corrected chi connectivity index (χ2v) is 7.88. The summed E-state index contributed by atoms with van der Waals surface area (Å²) in [6.45, 7) is 1.45. The summed E-state index contributed by atoms with van der Waals surface area (Å²) >= 11 is 1.50. The SMILES string of the molecule is O=C(CCCN1CCCC1=O)Nc1ccc(-c2nc3cc(F)ccc3s2)cc1. The van der Waals surface area contributed by atoms with Crippen LogP contribution in [0.15, 0.2) is 42.5 Å². The smallest absolute Gasteiger partial charge is 0.224 e. The van der Waals surface area contributed by atoms with E-state index in [4.69, 9.17) is 0 Å². The molecule has 3 aromatic rings. The first-order valence-electron chi connectivity index (χ1n) is 9.33. The average Bonchev–Trinajstić information content (AvgIpc) is 3.28. The van der Waals surface area contributed by atoms with Crippen LogP contribution in [0.3, 0.4) is 0 Å². The third-order valence-corrected chi connectivity index (χ3v) is 5.85. The molecule has 0 radical (unpaired) electrons. The normalized spacial score (nSPS) is 14.0. The van der Waals surface area contributed by atoms with Crippen LogP contribution in [-0.4, -0.2) is 34.8 Å². The summed E-state index contributed by atoms with van der Waals surface area (Å²) in [5.41, 5.74) is 2.29. The molecule has 5 nitrogen and oxygen atoms in total. The number of carbonyl (C=O) groups is 2. The lowest BCUT2D eigenvalue weighted by Crippen LogP contribution is -2.26. The summed E-state index contributed by atoms with van der Waals surface area (Å²) in [4.78, 5) is 30.0. The van der Waals surface area contributed by atoms with Gasteiger partial charge in [0, 0.05) is 43.2 Å². The predicted molar refractivity (Wildman–Crippen MR) is 109 cm³/mol. The van der Waals surface area contributed by atoms with Gasteiger partial charge < -0.3 is 10.2 Å². The monoisotopic (exact) mass is 397 g/mol. The van der Waals surface area contributed by atoms with Gasteiger partial charge >= 0.3 is 0 Å². The third kappa shape index (κ3) is 4.20. The van der Waals surface area contributed by atoms with E-state index in [2.05, 4.69) is 10.3 Å². The minimum atomic E-state index is -0.295. The summed E-state index contributed by atoms with van der Waals surface area (Å²) in [5, 5.41) is 3.70. The zero-order valence-electron chi connectivity index (χ0n) is 15.3. The third-order valence-electron chi connectivity index (χ3n) is 4.77. The van der Waals surface area contributed by atoms with Gasteiger partial charge in [-0.2, -0.15) is 0 Å². The number of amides is 2. The minimum Gasteiger partial charge on any atom is -0.343 e. The van der Waals surface area contributed by atoms with Gasteiger partial charge in [0.05, 0.1) is 10.2 Å². The number of hydrogen-bond donors (Lipinski definition) is 1. The molecule has 4 rings (SSSR count). The van der Waals surface area contributed by atoms with Crippen molar-refractivity contribution in [1.82, 2.24) is 9.88 Å². The summed E-state index contributed by atoms with van der Waals surface area (Å²) in [6.07, 6.45) is 2.59. The van der Waals surface area contributed by atoms with Crippen molar-refractivity contribution < 1.29 is 14.0 Å². The highest BCUT2D eigenvalue weighted by Crippen LogP contribution is 2.31. The number of likely N-dealkylation sites (tertiary alicyclic amines) is 1. The molecule has 0 unspecified atom stereocenters. The average molecular weight is 397 g/mol. The zero-order chi connectivity index (χ0) is 19.5. The Morgan fingerprint density at radius 1 is 1.21 bits per heavy atom. The lowest BCUT2D eigenvalue weighted by molar-refractivity contribution is -0.128. The Kier molecular flexibility index (Phi) is 5.34. The quantitative estimate of drug-likeness (QED) is 0.669. The number of anilines is 1. The maximum atomic E-state index is 13.3. The van der Waals surface area contributed by atoms with E-state index >= 15 is 0 Å². The fraction of sp³-hybridized carbons (Fsp3) is 0.286. The lowest BCUT2D eigenvalue weighted by atomic mass is 10.2. The van der Waals surface area contributed by atoms with Gasteiger partial charge in [-0.15, -0.1) is 11.3 Å². The van der Waals surface area contributed by atoms with Crippen molar-refractivity contribution in [3.05, 3.63) is 48.3 Å². The molecule has 1 aromatic heterocycles. The molecule has 2 heterocycles. The van der Waals surface area contributed by atoms with Crippen LogP contribution in [0.25, 0.3) is 20.8 Å². The van der Waals surface area contributed by atoms with Crippen LogP contribution >= 0.6 is 11.3 Å². The van der Waals surface area contributed by atoms with E-state index in [1.807, 2.05) is 29.2 Å². The van der Waals surface area contributed by atoms with Gasteiger partial charge in [0.15, 0.2) is 0 Å². The number of carbonyl (C=O) groups excluding carboxylic acids is 2. The highest BCUT2D eigenvalue weighted by molar-refractivity contribution is 7.21. The first-order valence-corrected chi connectivity index (χ1v) is 10.1. The van der Waals surface area contributed by atoms with Gasteiger partial charge in [0.2, 0.25) is 11.8 Å². The number of nitrogens with one attached hydrogen (secondary N) is 1. The molecular weight excluding hydrogens is 377 g/mol. The molecule has 1 N–H and O–H groups in total. The van der Waals surface area contributed by atoms with Crippen molar-refractivity contribution in [2.45, 2.75) is 25.7 Å². The van der Waals surface area contributed by atoms with Crippen LogP contribution in [0.5, 0.6) is 0 Å². The second-order valence-electron chi connectivity index (χ2n) is 6.84. The molecule has 0 spiro atoms. The molecule has 28 heavy (non-hydrogen) atoms. The first-order chi connectivity index (χ1) is 13.6. The molecule has 0 aliphatic carbocycles. The Labute approximate surface area is 166 Å². The van der Waals surface area contributed by atoms with Crippen molar-refractivity contribution >= 4 is 39.1 Å². The minimum absolute atomic E-state index is 0.0603. The van der Waals surface area contributed by atoms with E-state index in [0.29, 0.717) is 31.3 Å². The first kappa shape index (κ1) is 18.6. The number of thiazole rings is 1. The summed E-state index contributed by atoms with van der Waals surface area (Å²) in [7, 11) is 0. The van der Waals surface area contributed by atoms with Crippen LogP contribution in [0.2, 0.25) is 0 Å². The highest BCUT2D eigenvalue weighted by Gasteiger charge is 2.19. The van der Waals surface area contributed by atoms with Gasteiger partial charge in [-0.25, -0.2) is 9.37 Å². The Bertz CT molecular complexity index is 1020. The number of rotatable bonds is 6.